The molecule has 6 N–H and O–H groups in total. The third kappa shape index (κ3) is 11.0. The van der Waals surface area contributed by atoms with Gasteiger partial charge in [-0.25, -0.2) is 9.97 Å². The van der Waals surface area contributed by atoms with Crippen LogP contribution in [0.3, 0.4) is 0 Å². The van der Waals surface area contributed by atoms with E-state index in [2.05, 4.69) is 34.7 Å². The van der Waals surface area contributed by atoms with Gasteiger partial charge in [-0.3, -0.25) is 9.59 Å². The third-order valence-corrected chi connectivity index (χ3v) is 6.45. The fraction of sp³-hybridized carbons (Fsp3) is 0.357. The number of likely N-dealkylation sites (N-methyl/N-ethyl adjacent to an activating group) is 1. The van der Waals surface area contributed by atoms with Gasteiger partial charge in [0.1, 0.15) is 12.4 Å². The molecule has 1 aromatic heterocycles. The molecular weight excluding hydrogens is 598 g/mol. The first-order valence-electron chi connectivity index (χ1n) is 12.8. The summed E-state index contributed by atoms with van der Waals surface area (Å²) in [7, 11) is 4.18. The van der Waals surface area contributed by atoms with Gasteiger partial charge < -0.3 is 48.3 Å². The Balaban J connectivity index is 0.00000560. The van der Waals surface area contributed by atoms with Gasteiger partial charge in [-0.15, -0.1) is 0 Å². The number of amides is 2. The summed E-state index contributed by atoms with van der Waals surface area (Å²) in [4.78, 5) is 32.4. The largest absolute Gasteiger partial charge is 1.00 e. The predicted octanol–water partition coefficient (Wildman–Crippen LogP) is -0.177. The van der Waals surface area contributed by atoms with Crippen molar-refractivity contribution in [2.45, 2.75) is 25.9 Å². The Hall–Kier alpha value is -3.41. The Morgan fingerprint density at radius 1 is 0.875 bits per heavy atom. The number of halogens is 2. The molecule has 0 fully saturated rings. The molecule has 10 nitrogen and oxygen atoms in total. The smallest absolute Gasteiger partial charge is 0.273 e. The first kappa shape index (κ1) is 32.8. The fourth-order valence-electron chi connectivity index (χ4n) is 3.86. The maximum Gasteiger partial charge on any atom is 0.273 e. The van der Waals surface area contributed by atoms with Gasteiger partial charge in [0.2, 0.25) is 5.91 Å². The molecule has 3 aromatic rings. The van der Waals surface area contributed by atoms with Crippen LogP contribution in [0.25, 0.3) is 0 Å². The van der Waals surface area contributed by atoms with Crippen LogP contribution < -0.4 is 43.8 Å². The summed E-state index contributed by atoms with van der Waals surface area (Å²) in [5.74, 6) is 0.248. The van der Waals surface area contributed by atoms with E-state index in [4.69, 9.17) is 27.8 Å². The van der Waals surface area contributed by atoms with Crippen molar-refractivity contribution in [3.63, 3.8) is 0 Å². The van der Waals surface area contributed by atoms with E-state index in [1.165, 1.54) is 0 Å². The topological polar surface area (TPSA) is 145 Å². The Labute approximate surface area is 250 Å². The second-order valence-corrected chi connectivity index (χ2v) is 10.3. The summed E-state index contributed by atoms with van der Waals surface area (Å²) in [5.41, 5.74) is 13.3. The number of unbranched alkanes of at least 4 members (excludes halogenated alkanes) is 1. The summed E-state index contributed by atoms with van der Waals surface area (Å²) in [6.45, 7) is 3.16. The van der Waals surface area contributed by atoms with Crippen LogP contribution in [0.2, 0.25) is 5.15 Å². The Kier molecular flexibility index (Phi) is 13.1. The Morgan fingerprint density at radius 3 is 2.27 bits per heavy atom. The van der Waals surface area contributed by atoms with Crippen molar-refractivity contribution in [2.75, 3.05) is 51.7 Å². The highest BCUT2D eigenvalue weighted by Gasteiger charge is 2.18. The Bertz CT molecular complexity index is 1240. The number of carbonyl (C=O) groups excluding carboxylic acids is 2. The number of rotatable bonds is 14. The van der Waals surface area contributed by atoms with Crippen LogP contribution in [0.15, 0.2) is 54.6 Å². The van der Waals surface area contributed by atoms with Crippen LogP contribution in [0, 0.1) is 0 Å². The number of nitrogens with one attached hydrogen (secondary N) is 2. The summed E-state index contributed by atoms with van der Waals surface area (Å²) in [5, 5.41) is 5.73. The van der Waals surface area contributed by atoms with E-state index >= 15 is 0 Å². The van der Waals surface area contributed by atoms with Gasteiger partial charge in [-0.1, -0.05) is 54.1 Å². The average molecular weight is 635 g/mol. The number of aromatic nitrogens is 2. The second-order valence-electron chi connectivity index (χ2n) is 9.92. The van der Waals surface area contributed by atoms with Gasteiger partial charge in [0.15, 0.2) is 22.5 Å². The van der Waals surface area contributed by atoms with Gasteiger partial charge in [-0.05, 0) is 36.1 Å². The van der Waals surface area contributed by atoms with Crippen LogP contribution >= 0.6 is 11.6 Å². The summed E-state index contributed by atoms with van der Waals surface area (Å²) in [6, 6.07) is 17.6. The number of nitrogens with zero attached hydrogens (tertiary/aromatic N) is 3. The second kappa shape index (κ2) is 16.0. The van der Waals surface area contributed by atoms with E-state index in [9.17, 15) is 9.59 Å². The molecule has 0 spiro atoms. The minimum absolute atomic E-state index is 0. The average Bonchev–Trinajstić information content (AvgIpc) is 2.90. The van der Waals surface area contributed by atoms with Crippen molar-refractivity contribution >= 4 is 35.1 Å². The number of benzene rings is 2. The molecule has 0 saturated carbocycles. The quantitative estimate of drug-likeness (QED) is 0.142. The van der Waals surface area contributed by atoms with Crippen molar-refractivity contribution < 1.29 is 35.8 Å². The molecule has 40 heavy (non-hydrogen) atoms. The van der Waals surface area contributed by atoms with Gasteiger partial charge in [0.25, 0.3) is 5.91 Å². The molecule has 0 radical (unpaired) electrons. The number of hydrogen-bond donors (Lipinski definition) is 4. The molecule has 0 aliphatic heterocycles. The van der Waals surface area contributed by atoms with E-state index in [-0.39, 0.29) is 45.4 Å². The van der Waals surface area contributed by atoms with E-state index in [1.807, 2.05) is 54.6 Å². The highest BCUT2D eigenvalue weighted by Crippen LogP contribution is 2.17. The minimum Gasteiger partial charge on any atom is -1.00 e. The first-order chi connectivity index (χ1) is 18.6. The lowest BCUT2D eigenvalue weighted by Gasteiger charge is -2.30. The lowest BCUT2D eigenvalue weighted by Crippen LogP contribution is -3.00. The van der Waals surface area contributed by atoms with Crippen molar-refractivity contribution in [3.05, 3.63) is 76.6 Å². The van der Waals surface area contributed by atoms with Gasteiger partial charge in [0, 0.05) is 6.54 Å². The number of carbonyl (C=O) groups is 2. The number of nitrogen functional groups attached to an aromatic ring is 2. The monoisotopic (exact) mass is 633 g/mol. The van der Waals surface area contributed by atoms with E-state index in [1.54, 1.807) is 0 Å². The molecule has 0 aliphatic rings. The first-order valence-corrected chi connectivity index (χ1v) is 13.2. The van der Waals surface area contributed by atoms with Crippen molar-refractivity contribution in [1.29, 1.82) is 0 Å². The molecule has 2 amide bonds. The molecule has 0 unspecified atom stereocenters. The number of anilines is 2. The zero-order chi connectivity index (χ0) is 28.3. The molecule has 0 bridgehead atoms. The molecule has 3 rings (SSSR count). The van der Waals surface area contributed by atoms with Crippen LogP contribution in [-0.2, 0) is 17.8 Å². The predicted molar refractivity (Wildman–Crippen MR) is 153 cm³/mol. The standard InChI is InChI=1S/C28H36ClN7O3.BrH/c1-36(2,17-15-33-28(38)24-26(30)35-27(31)25(29)34-24)16-7-6-14-32-23(37)18-20-10-12-22(13-11-20)39-19-21-8-4-3-5-9-21;/h3-5,8-13H,6-7,14-19H2,1-2H3,(H5-,30,31,32,33,35,37,38);1H. The molecule has 2 aromatic carbocycles. The van der Waals surface area contributed by atoms with Crippen LogP contribution in [0.5, 0.6) is 5.75 Å². The van der Waals surface area contributed by atoms with Crippen molar-refractivity contribution in [3.8, 4) is 5.75 Å². The zero-order valence-corrected chi connectivity index (χ0v) is 25.2. The van der Waals surface area contributed by atoms with Gasteiger partial charge in [0.05, 0.1) is 40.2 Å². The lowest BCUT2D eigenvalue weighted by molar-refractivity contribution is -0.889. The maximum atomic E-state index is 12.4. The van der Waals surface area contributed by atoms with E-state index < -0.39 is 5.91 Å². The third-order valence-electron chi connectivity index (χ3n) is 6.17. The molecular formula is C28H37BrClN7O3. The summed E-state index contributed by atoms with van der Waals surface area (Å²) >= 11 is 5.85. The van der Waals surface area contributed by atoms with Gasteiger partial charge in [-0.2, -0.15) is 0 Å². The normalized spacial score (nSPS) is 10.9. The van der Waals surface area contributed by atoms with Crippen molar-refractivity contribution in [1.82, 2.24) is 20.6 Å². The number of ether oxygens (including phenoxy) is 1. The van der Waals surface area contributed by atoms with Gasteiger partial charge >= 0.3 is 0 Å². The zero-order valence-electron chi connectivity index (χ0n) is 22.8. The molecule has 216 valence electrons. The number of quaternary nitrogens is 1. The van der Waals surface area contributed by atoms with Crippen LogP contribution in [-0.4, -0.2) is 66.5 Å². The highest BCUT2D eigenvalue weighted by molar-refractivity contribution is 6.31. The number of nitrogens with two attached hydrogens (primary N) is 2. The molecule has 0 atom stereocenters. The molecule has 0 aliphatic carbocycles. The van der Waals surface area contributed by atoms with Crippen molar-refractivity contribution in [2.24, 2.45) is 0 Å². The Morgan fingerprint density at radius 2 is 1.57 bits per heavy atom. The SMILES string of the molecule is C[N+](C)(CCCCNC(=O)Cc1ccc(OCc2ccccc2)cc1)CCNC(=O)c1nc(Cl)c(N)nc1N.[Br-]. The minimum atomic E-state index is -0.445. The maximum absolute atomic E-state index is 12.4. The van der Waals surface area contributed by atoms with E-state index in [0.29, 0.717) is 37.1 Å². The summed E-state index contributed by atoms with van der Waals surface area (Å²) in [6.07, 6.45) is 2.12. The highest BCUT2D eigenvalue weighted by atomic mass is 79.9. The summed E-state index contributed by atoms with van der Waals surface area (Å²) < 4.78 is 6.50. The van der Waals surface area contributed by atoms with Crippen LogP contribution in [0.4, 0.5) is 11.6 Å². The molecule has 12 heteroatoms. The van der Waals surface area contributed by atoms with E-state index in [0.717, 1.165) is 36.3 Å². The van der Waals surface area contributed by atoms with Crippen LogP contribution in [0.1, 0.15) is 34.5 Å². The number of hydrogen-bond acceptors (Lipinski definition) is 7. The molecule has 1 heterocycles. The lowest BCUT2D eigenvalue weighted by atomic mass is 10.1. The fourth-order valence-corrected chi connectivity index (χ4v) is 3.99. The molecule has 0 saturated heterocycles.